The van der Waals surface area contributed by atoms with Crippen molar-refractivity contribution in [1.82, 2.24) is 19.5 Å². The number of ether oxygens (including phenoxy) is 1. The Morgan fingerprint density at radius 3 is 2.58 bits per heavy atom. The highest BCUT2D eigenvalue weighted by molar-refractivity contribution is 5.84. The fourth-order valence-electron chi connectivity index (χ4n) is 4.02. The zero-order chi connectivity index (χ0) is 23.5. The molecule has 1 N–H and O–H groups in total. The number of benzene rings is 1. The minimum absolute atomic E-state index is 0.240. The van der Waals surface area contributed by atoms with Crippen LogP contribution in [0.3, 0.4) is 0 Å². The Labute approximate surface area is 192 Å². The van der Waals surface area contributed by atoms with E-state index in [1.54, 1.807) is 6.07 Å². The van der Waals surface area contributed by atoms with Crippen molar-refractivity contribution in [3.63, 3.8) is 0 Å². The second-order valence-corrected chi connectivity index (χ2v) is 8.13. The fraction of sp³-hybridized carbons (Fsp3) is 0.400. The molecule has 8 nitrogen and oxygen atoms in total. The Hall–Kier alpha value is -3.55. The number of nitrogens with one attached hydrogen (secondary N) is 1. The number of carbonyl (C=O) groups is 1. The van der Waals surface area contributed by atoms with Gasteiger partial charge in [0.1, 0.15) is 28.9 Å². The molecule has 3 heterocycles. The summed E-state index contributed by atoms with van der Waals surface area (Å²) in [4.78, 5) is 26.3. The molecule has 0 saturated carbocycles. The van der Waals surface area contributed by atoms with Crippen LogP contribution < -0.4 is 15.6 Å². The lowest BCUT2D eigenvalue weighted by Gasteiger charge is -2.18. The molecule has 0 spiro atoms. The first-order valence-corrected chi connectivity index (χ1v) is 11.5. The van der Waals surface area contributed by atoms with Gasteiger partial charge in [-0.15, -0.1) is 0 Å². The van der Waals surface area contributed by atoms with Crippen molar-refractivity contribution >= 4 is 22.5 Å². The summed E-state index contributed by atoms with van der Waals surface area (Å²) in [5.41, 5.74) is 2.57. The van der Waals surface area contributed by atoms with Crippen LogP contribution in [0.5, 0.6) is 5.75 Å². The van der Waals surface area contributed by atoms with Crippen molar-refractivity contribution < 1.29 is 13.9 Å². The van der Waals surface area contributed by atoms with E-state index < -0.39 is 6.04 Å². The molecule has 33 heavy (non-hydrogen) atoms. The first-order chi connectivity index (χ1) is 16.0. The number of hydrogen-bond donors (Lipinski definition) is 1. The average Bonchev–Trinajstić information content (AvgIpc) is 3.35. The number of carbonyl (C=O) groups excluding carboxylic acids is 1. The Morgan fingerprint density at radius 2 is 1.91 bits per heavy atom. The number of furan rings is 1. The third-order valence-corrected chi connectivity index (χ3v) is 5.69. The predicted molar refractivity (Wildman–Crippen MR) is 127 cm³/mol. The molecule has 0 bridgehead atoms. The first kappa shape index (κ1) is 22.6. The summed E-state index contributed by atoms with van der Waals surface area (Å²) in [5.74, 6) is 2.05. The van der Waals surface area contributed by atoms with Crippen molar-refractivity contribution in [3.05, 3.63) is 63.9 Å². The third kappa shape index (κ3) is 4.37. The fourth-order valence-corrected chi connectivity index (χ4v) is 4.02. The molecule has 1 atom stereocenters. The number of aryl methyl sites for hydroxylation is 2. The van der Waals surface area contributed by atoms with E-state index in [-0.39, 0.29) is 11.5 Å². The van der Waals surface area contributed by atoms with Gasteiger partial charge in [0, 0.05) is 25.1 Å². The lowest BCUT2D eigenvalue weighted by Crippen LogP contribution is -2.39. The summed E-state index contributed by atoms with van der Waals surface area (Å²) in [7, 11) is 0. The first-order valence-electron chi connectivity index (χ1n) is 11.5. The summed E-state index contributed by atoms with van der Waals surface area (Å²) >= 11 is 0. The minimum Gasteiger partial charge on any atom is -0.494 e. The van der Waals surface area contributed by atoms with Crippen LogP contribution in [0.25, 0.3) is 16.6 Å². The molecule has 0 fully saturated rings. The maximum absolute atomic E-state index is 13.3. The zero-order valence-electron chi connectivity index (χ0n) is 19.6. The number of aromatic nitrogens is 3. The maximum atomic E-state index is 13.3. The van der Waals surface area contributed by atoms with E-state index in [9.17, 15) is 9.59 Å². The topological polar surface area (TPSA) is 90.8 Å². The van der Waals surface area contributed by atoms with Crippen LogP contribution in [0.15, 0.2) is 45.6 Å². The second kappa shape index (κ2) is 9.52. The van der Waals surface area contributed by atoms with Crippen LogP contribution in [0.1, 0.15) is 56.8 Å². The van der Waals surface area contributed by atoms with Crippen molar-refractivity contribution in [3.8, 4) is 5.75 Å². The normalized spacial score (nSPS) is 12.4. The van der Waals surface area contributed by atoms with E-state index in [4.69, 9.17) is 9.15 Å². The SMILES string of the molecule is CCCOc1ccc(CNC(=O)[C@H](CC)n2nc(CC)n3c(cc4oc(C)cc43)c2=O)cc1. The summed E-state index contributed by atoms with van der Waals surface area (Å²) in [6.45, 7) is 8.82. The Bertz CT molecular complexity index is 1330. The quantitative estimate of drug-likeness (QED) is 0.413. The molecule has 1 amide bonds. The van der Waals surface area contributed by atoms with Gasteiger partial charge in [-0.1, -0.05) is 32.9 Å². The molecule has 0 saturated heterocycles. The monoisotopic (exact) mass is 450 g/mol. The van der Waals surface area contributed by atoms with E-state index in [1.807, 2.05) is 55.5 Å². The van der Waals surface area contributed by atoms with Crippen LogP contribution in [-0.2, 0) is 17.8 Å². The standard InChI is InChI=1S/C25H30N4O4/c1-5-12-32-18-10-8-17(9-11-18)15-26-24(30)19(6-2)29-25(31)21-14-22-20(13-16(4)33-22)28(21)23(7-3)27-29/h8-11,13-14,19H,5-7,12,15H2,1-4H3,(H,26,30)/t19-/m0/s1. The molecule has 0 radical (unpaired) electrons. The third-order valence-electron chi connectivity index (χ3n) is 5.69. The van der Waals surface area contributed by atoms with E-state index in [1.165, 1.54) is 4.68 Å². The van der Waals surface area contributed by atoms with Crippen molar-refractivity contribution in [2.45, 2.75) is 59.5 Å². The van der Waals surface area contributed by atoms with Crippen molar-refractivity contribution in [2.24, 2.45) is 0 Å². The van der Waals surface area contributed by atoms with Crippen LogP contribution in [-0.4, -0.2) is 26.7 Å². The van der Waals surface area contributed by atoms with Crippen LogP contribution in [0.4, 0.5) is 0 Å². The Morgan fingerprint density at radius 1 is 1.15 bits per heavy atom. The smallest absolute Gasteiger partial charge is 0.291 e. The molecule has 1 aromatic carbocycles. The average molecular weight is 451 g/mol. The van der Waals surface area contributed by atoms with Gasteiger partial charge in [-0.2, -0.15) is 5.10 Å². The van der Waals surface area contributed by atoms with Gasteiger partial charge in [0.15, 0.2) is 5.58 Å². The van der Waals surface area contributed by atoms with Gasteiger partial charge in [0.2, 0.25) is 5.91 Å². The number of hydrogen-bond acceptors (Lipinski definition) is 5. The Kier molecular flexibility index (Phi) is 6.53. The van der Waals surface area contributed by atoms with Crippen LogP contribution in [0.2, 0.25) is 0 Å². The van der Waals surface area contributed by atoms with Gasteiger partial charge in [-0.05, 0) is 37.5 Å². The maximum Gasteiger partial charge on any atom is 0.291 e. The molecule has 0 aliphatic rings. The molecule has 0 unspecified atom stereocenters. The summed E-state index contributed by atoms with van der Waals surface area (Å²) in [5, 5.41) is 7.53. The van der Waals surface area contributed by atoms with Crippen LogP contribution >= 0.6 is 0 Å². The summed E-state index contributed by atoms with van der Waals surface area (Å²) in [6, 6.07) is 10.6. The lowest BCUT2D eigenvalue weighted by atomic mass is 10.2. The summed E-state index contributed by atoms with van der Waals surface area (Å²) < 4.78 is 14.5. The molecule has 174 valence electrons. The number of rotatable bonds is 9. The van der Waals surface area contributed by atoms with Gasteiger partial charge in [-0.3, -0.25) is 14.0 Å². The molecular weight excluding hydrogens is 420 g/mol. The molecular formula is C25H30N4O4. The molecule has 0 aliphatic heterocycles. The lowest BCUT2D eigenvalue weighted by molar-refractivity contribution is -0.125. The van der Waals surface area contributed by atoms with E-state index in [0.29, 0.717) is 42.9 Å². The van der Waals surface area contributed by atoms with Gasteiger partial charge < -0.3 is 14.5 Å². The Balaban J connectivity index is 1.58. The van der Waals surface area contributed by atoms with Crippen molar-refractivity contribution in [2.75, 3.05) is 6.61 Å². The van der Waals surface area contributed by atoms with E-state index >= 15 is 0 Å². The zero-order valence-corrected chi connectivity index (χ0v) is 19.6. The molecule has 4 aromatic rings. The number of nitrogens with zero attached hydrogens (tertiary/aromatic N) is 3. The number of amides is 1. The highest BCUT2D eigenvalue weighted by Gasteiger charge is 2.24. The predicted octanol–water partition coefficient (Wildman–Crippen LogP) is 4.17. The van der Waals surface area contributed by atoms with E-state index in [0.717, 1.165) is 29.0 Å². The van der Waals surface area contributed by atoms with Gasteiger partial charge in [0.25, 0.3) is 5.56 Å². The molecule has 3 aromatic heterocycles. The molecule has 0 aliphatic carbocycles. The van der Waals surface area contributed by atoms with Crippen molar-refractivity contribution in [1.29, 1.82) is 0 Å². The van der Waals surface area contributed by atoms with Gasteiger partial charge in [0.05, 0.1) is 12.1 Å². The minimum atomic E-state index is -0.706. The largest absolute Gasteiger partial charge is 0.494 e. The highest BCUT2D eigenvalue weighted by Crippen LogP contribution is 2.24. The van der Waals surface area contributed by atoms with Gasteiger partial charge in [-0.25, -0.2) is 4.68 Å². The molecule has 4 rings (SSSR count). The highest BCUT2D eigenvalue weighted by atomic mass is 16.5. The molecule has 8 heteroatoms. The summed E-state index contributed by atoms with van der Waals surface area (Å²) in [6.07, 6.45) is 2.00. The van der Waals surface area contributed by atoms with Gasteiger partial charge >= 0.3 is 0 Å². The second-order valence-electron chi connectivity index (χ2n) is 8.13. The number of fused-ring (bicyclic) bond motifs is 3. The van der Waals surface area contributed by atoms with Crippen LogP contribution in [0, 0.1) is 6.92 Å². The van der Waals surface area contributed by atoms with E-state index in [2.05, 4.69) is 17.3 Å².